The average molecular weight is 252 g/mol. The van der Waals surface area contributed by atoms with Gasteiger partial charge in [0.1, 0.15) is 6.10 Å². The van der Waals surface area contributed by atoms with Gasteiger partial charge in [0, 0.05) is 6.61 Å². The summed E-state index contributed by atoms with van der Waals surface area (Å²) in [4.78, 5) is 0. The van der Waals surface area contributed by atoms with Crippen molar-refractivity contribution in [3.05, 3.63) is 23.8 Å². The number of aliphatic hydroxyl groups excluding tert-OH is 1. The number of hydrogen-bond donors (Lipinski definition) is 1. The largest absolute Gasteiger partial charge is 0.493 e. The zero-order valence-corrected chi connectivity index (χ0v) is 10.9. The van der Waals surface area contributed by atoms with Crippen LogP contribution in [0.4, 0.5) is 0 Å². The molecule has 1 saturated carbocycles. The molecule has 0 radical (unpaired) electrons. The summed E-state index contributed by atoms with van der Waals surface area (Å²) in [6.45, 7) is 1.08. The predicted octanol–water partition coefficient (Wildman–Crippen LogP) is 2.16. The molecule has 0 amide bonds. The van der Waals surface area contributed by atoms with E-state index in [2.05, 4.69) is 0 Å². The van der Waals surface area contributed by atoms with Gasteiger partial charge < -0.3 is 19.3 Å². The number of ether oxygens (including phenoxy) is 3. The third-order valence-electron chi connectivity index (χ3n) is 3.12. The summed E-state index contributed by atoms with van der Waals surface area (Å²) < 4.78 is 15.8. The Balaban J connectivity index is 1.93. The van der Waals surface area contributed by atoms with E-state index in [9.17, 15) is 5.11 Å². The molecule has 0 bridgehead atoms. The quantitative estimate of drug-likeness (QED) is 0.808. The van der Waals surface area contributed by atoms with Crippen LogP contribution in [0.1, 0.15) is 24.5 Å². The SMILES string of the molecule is COc1ccc(C(O)COCC2CC2)cc1OC. The van der Waals surface area contributed by atoms with Gasteiger partial charge in [0.05, 0.1) is 20.8 Å². The van der Waals surface area contributed by atoms with Crippen molar-refractivity contribution in [2.45, 2.75) is 18.9 Å². The zero-order chi connectivity index (χ0) is 13.0. The van der Waals surface area contributed by atoms with Crippen molar-refractivity contribution < 1.29 is 19.3 Å². The number of hydrogen-bond acceptors (Lipinski definition) is 4. The van der Waals surface area contributed by atoms with E-state index in [1.165, 1.54) is 12.8 Å². The van der Waals surface area contributed by atoms with Crippen LogP contribution in [-0.2, 0) is 4.74 Å². The monoisotopic (exact) mass is 252 g/mol. The van der Waals surface area contributed by atoms with Crippen molar-refractivity contribution in [2.24, 2.45) is 5.92 Å². The van der Waals surface area contributed by atoms with E-state index in [0.29, 0.717) is 24.0 Å². The van der Waals surface area contributed by atoms with E-state index >= 15 is 0 Å². The highest BCUT2D eigenvalue weighted by Gasteiger charge is 2.22. The first-order valence-corrected chi connectivity index (χ1v) is 6.22. The molecular formula is C14H20O4. The van der Waals surface area contributed by atoms with Crippen molar-refractivity contribution in [1.29, 1.82) is 0 Å². The third-order valence-corrected chi connectivity index (χ3v) is 3.12. The van der Waals surface area contributed by atoms with Gasteiger partial charge in [-0.15, -0.1) is 0 Å². The van der Waals surface area contributed by atoms with Crippen molar-refractivity contribution in [3.8, 4) is 11.5 Å². The number of methoxy groups -OCH3 is 2. The highest BCUT2D eigenvalue weighted by atomic mass is 16.5. The zero-order valence-electron chi connectivity index (χ0n) is 10.9. The van der Waals surface area contributed by atoms with E-state index in [1.807, 2.05) is 6.07 Å². The Morgan fingerprint density at radius 1 is 1.22 bits per heavy atom. The van der Waals surface area contributed by atoms with Crippen LogP contribution < -0.4 is 9.47 Å². The fourth-order valence-corrected chi connectivity index (χ4v) is 1.79. The topological polar surface area (TPSA) is 47.9 Å². The fraction of sp³-hybridized carbons (Fsp3) is 0.571. The molecule has 100 valence electrons. The summed E-state index contributed by atoms with van der Waals surface area (Å²) >= 11 is 0. The number of benzene rings is 1. The minimum atomic E-state index is -0.622. The summed E-state index contributed by atoms with van der Waals surface area (Å²) in [7, 11) is 3.17. The first kappa shape index (κ1) is 13.2. The standard InChI is InChI=1S/C14H20O4/c1-16-13-6-5-11(7-14(13)17-2)12(15)9-18-8-10-3-4-10/h5-7,10,12,15H,3-4,8-9H2,1-2H3. The van der Waals surface area contributed by atoms with Gasteiger partial charge in [0.25, 0.3) is 0 Å². The summed E-state index contributed by atoms with van der Waals surface area (Å²) in [5.41, 5.74) is 0.781. The lowest BCUT2D eigenvalue weighted by Gasteiger charge is -2.14. The first-order valence-electron chi connectivity index (χ1n) is 6.22. The highest BCUT2D eigenvalue weighted by molar-refractivity contribution is 5.43. The van der Waals surface area contributed by atoms with Crippen LogP contribution in [0.2, 0.25) is 0 Å². The van der Waals surface area contributed by atoms with Gasteiger partial charge in [-0.2, -0.15) is 0 Å². The molecule has 2 rings (SSSR count). The van der Waals surface area contributed by atoms with Crippen LogP contribution in [0.5, 0.6) is 11.5 Å². The Morgan fingerprint density at radius 3 is 2.56 bits per heavy atom. The second-order valence-corrected chi connectivity index (χ2v) is 4.61. The van der Waals surface area contributed by atoms with Crippen molar-refractivity contribution >= 4 is 0 Å². The fourth-order valence-electron chi connectivity index (χ4n) is 1.79. The summed E-state index contributed by atoms with van der Waals surface area (Å²) in [6, 6.07) is 5.40. The Labute approximate surface area is 107 Å². The van der Waals surface area contributed by atoms with E-state index < -0.39 is 6.10 Å². The van der Waals surface area contributed by atoms with E-state index in [1.54, 1.807) is 26.4 Å². The molecule has 4 heteroatoms. The van der Waals surface area contributed by atoms with Crippen LogP contribution in [0.3, 0.4) is 0 Å². The maximum atomic E-state index is 10.0. The maximum absolute atomic E-state index is 10.0. The van der Waals surface area contributed by atoms with Gasteiger partial charge in [-0.25, -0.2) is 0 Å². The lowest BCUT2D eigenvalue weighted by atomic mass is 10.1. The highest BCUT2D eigenvalue weighted by Crippen LogP contribution is 2.31. The molecule has 1 unspecified atom stereocenters. The minimum Gasteiger partial charge on any atom is -0.493 e. The molecule has 1 aromatic carbocycles. The molecule has 1 aromatic rings. The molecule has 0 saturated heterocycles. The second-order valence-electron chi connectivity index (χ2n) is 4.61. The Hall–Kier alpha value is -1.26. The van der Waals surface area contributed by atoms with Crippen LogP contribution in [0.15, 0.2) is 18.2 Å². The lowest BCUT2D eigenvalue weighted by molar-refractivity contribution is 0.0314. The maximum Gasteiger partial charge on any atom is 0.161 e. The molecule has 1 fully saturated rings. The van der Waals surface area contributed by atoms with Gasteiger partial charge in [0.15, 0.2) is 11.5 Å². The van der Waals surface area contributed by atoms with Crippen LogP contribution >= 0.6 is 0 Å². The van der Waals surface area contributed by atoms with Crippen LogP contribution in [0.25, 0.3) is 0 Å². The molecule has 1 aliphatic rings. The summed E-state index contributed by atoms with van der Waals surface area (Å²) in [5, 5.41) is 10.0. The van der Waals surface area contributed by atoms with Gasteiger partial charge in [-0.05, 0) is 36.5 Å². The Bertz CT molecular complexity index is 387. The molecule has 0 heterocycles. The predicted molar refractivity (Wildman–Crippen MR) is 68.0 cm³/mol. The molecule has 1 atom stereocenters. The molecule has 0 spiro atoms. The Kier molecular flexibility index (Phi) is 4.44. The lowest BCUT2D eigenvalue weighted by Crippen LogP contribution is -2.09. The Morgan fingerprint density at radius 2 is 1.94 bits per heavy atom. The molecular weight excluding hydrogens is 232 g/mol. The smallest absolute Gasteiger partial charge is 0.161 e. The molecule has 18 heavy (non-hydrogen) atoms. The third kappa shape index (κ3) is 3.37. The number of rotatable bonds is 7. The molecule has 0 aliphatic heterocycles. The van der Waals surface area contributed by atoms with E-state index in [4.69, 9.17) is 14.2 Å². The summed E-state index contributed by atoms with van der Waals surface area (Å²) in [5.74, 6) is 1.99. The van der Waals surface area contributed by atoms with Gasteiger partial charge in [-0.3, -0.25) is 0 Å². The average Bonchev–Trinajstić information content (AvgIpc) is 3.21. The minimum absolute atomic E-state index is 0.325. The van der Waals surface area contributed by atoms with Crippen molar-refractivity contribution in [2.75, 3.05) is 27.4 Å². The van der Waals surface area contributed by atoms with Crippen LogP contribution in [0, 0.1) is 5.92 Å². The number of aliphatic hydroxyl groups is 1. The van der Waals surface area contributed by atoms with E-state index in [0.717, 1.165) is 12.2 Å². The molecule has 1 aliphatic carbocycles. The van der Waals surface area contributed by atoms with Crippen molar-refractivity contribution in [1.82, 2.24) is 0 Å². The molecule has 4 nitrogen and oxygen atoms in total. The normalized spacial score (nSPS) is 16.4. The van der Waals surface area contributed by atoms with Crippen molar-refractivity contribution in [3.63, 3.8) is 0 Å². The second kappa shape index (κ2) is 6.07. The molecule has 1 N–H and O–H groups in total. The van der Waals surface area contributed by atoms with Gasteiger partial charge >= 0.3 is 0 Å². The molecule has 0 aromatic heterocycles. The van der Waals surface area contributed by atoms with Gasteiger partial charge in [0.2, 0.25) is 0 Å². The van der Waals surface area contributed by atoms with Crippen LogP contribution in [-0.4, -0.2) is 32.5 Å². The van der Waals surface area contributed by atoms with Gasteiger partial charge in [-0.1, -0.05) is 6.07 Å². The summed E-state index contributed by atoms with van der Waals surface area (Å²) in [6.07, 6.45) is 1.89. The first-order chi connectivity index (χ1) is 8.74. The van der Waals surface area contributed by atoms with E-state index in [-0.39, 0.29) is 0 Å².